The molecule has 1 aromatic carbocycles. The molecular formula is C19H22N6O2. The Hall–Kier alpha value is -3.42. The van der Waals surface area contributed by atoms with Crippen LogP contribution in [-0.4, -0.2) is 37.7 Å². The van der Waals surface area contributed by atoms with Gasteiger partial charge in [-0.3, -0.25) is 5.43 Å². The summed E-state index contributed by atoms with van der Waals surface area (Å²) in [6, 6.07) is 8.82. The summed E-state index contributed by atoms with van der Waals surface area (Å²) >= 11 is 0. The zero-order chi connectivity index (χ0) is 19.4. The van der Waals surface area contributed by atoms with Gasteiger partial charge in [-0.15, -0.1) is 0 Å². The van der Waals surface area contributed by atoms with Gasteiger partial charge < -0.3 is 9.84 Å². The zero-order valence-corrected chi connectivity index (χ0v) is 15.8. The van der Waals surface area contributed by atoms with Crippen LogP contribution in [0.25, 0.3) is 5.82 Å². The van der Waals surface area contributed by atoms with Crippen LogP contribution >= 0.6 is 0 Å². The average molecular weight is 366 g/mol. The molecule has 2 aromatic heterocycles. The van der Waals surface area contributed by atoms with Crippen molar-refractivity contribution in [3.8, 4) is 17.3 Å². The van der Waals surface area contributed by atoms with Crippen LogP contribution < -0.4 is 10.2 Å². The maximum Gasteiger partial charge on any atom is 0.159 e. The monoisotopic (exact) mass is 366 g/mol. The van der Waals surface area contributed by atoms with Gasteiger partial charge in [0, 0.05) is 23.4 Å². The number of aromatic nitrogens is 4. The molecular weight excluding hydrogens is 344 g/mol. The molecule has 0 bridgehead atoms. The Bertz CT molecular complexity index is 980. The summed E-state index contributed by atoms with van der Waals surface area (Å²) in [7, 11) is 0. The highest BCUT2D eigenvalue weighted by Crippen LogP contribution is 2.22. The van der Waals surface area contributed by atoms with Crippen LogP contribution in [0.5, 0.6) is 11.5 Å². The second kappa shape index (κ2) is 7.86. The number of nitrogens with one attached hydrogen (secondary N) is 1. The second-order valence-corrected chi connectivity index (χ2v) is 6.02. The number of benzene rings is 1. The lowest BCUT2D eigenvalue weighted by Gasteiger charge is -2.07. The smallest absolute Gasteiger partial charge is 0.159 e. The van der Waals surface area contributed by atoms with Crippen molar-refractivity contribution in [2.75, 3.05) is 12.0 Å². The van der Waals surface area contributed by atoms with Gasteiger partial charge >= 0.3 is 0 Å². The zero-order valence-electron chi connectivity index (χ0n) is 15.8. The molecule has 140 valence electrons. The summed E-state index contributed by atoms with van der Waals surface area (Å²) in [4.78, 5) is 8.76. The molecule has 2 N–H and O–H groups in total. The summed E-state index contributed by atoms with van der Waals surface area (Å²) in [6.07, 6.45) is 1.52. The number of phenols is 1. The van der Waals surface area contributed by atoms with E-state index in [9.17, 15) is 5.11 Å². The minimum Gasteiger partial charge on any atom is -0.507 e. The molecule has 8 nitrogen and oxygen atoms in total. The van der Waals surface area contributed by atoms with Crippen molar-refractivity contribution in [2.24, 2.45) is 5.10 Å². The van der Waals surface area contributed by atoms with E-state index in [1.807, 2.05) is 33.8 Å². The number of nitrogens with zero attached hydrogens (tertiary/aromatic N) is 5. The molecule has 0 saturated heterocycles. The number of aromatic hydroxyl groups is 1. The molecule has 3 rings (SSSR count). The van der Waals surface area contributed by atoms with E-state index in [0.29, 0.717) is 35.4 Å². The predicted octanol–water partition coefficient (Wildman–Crippen LogP) is 3.14. The minimum atomic E-state index is 0.0914. The van der Waals surface area contributed by atoms with Gasteiger partial charge in [-0.1, -0.05) is 0 Å². The highest BCUT2D eigenvalue weighted by atomic mass is 16.5. The normalized spacial score (nSPS) is 11.1. The fourth-order valence-electron chi connectivity index (χ4n) is 2.64. The number of hydrazone groups is 1. The molecule has 0 amide bonds. The first-order valence-electron chi connectivity index (χ1n) is 8.60. The van der Waals surface area contributed by atoms with Crippen molar-refractivity contribution in [1.82, 2.24) is 19.7 Å². The van der Waals surface area contributed by atoms with Gasteiger partial charge in [0.1, 0.15) is 17.3 Å². The summed E-state index contributed by atoms with van der Waals surface area (Å²) in [5.74, 6) is 2.50. The maximum absolute atomic E-state index is 10.0. The lowest BCUT2D eigenvalue weighted by atomic mass is 10.2. The van der Waals surface area contributed by atoms with E-state index in [1.165, 1.54) is 6.21 Å². The lowest BCUT2D eigenvalue weighted by Crippen LogP contribution is -2.06. The van der Waals surface area contributed by atoms with E-state index in [4.69, 9.17) is 4.74 Å². The van der Waals surface area contributed by atoms with E-state index in [2.05, 4.69) is 25.6 Å². The van der Waals surface area contributed by atoms with Gasteiger partial charge in [-0.25, -0.2) is 14.6 Å². The van der Waals surface area contributed by atoms with E-state index in [1.54, 1.807) is 28.9 Å². The van der Waals surface area contributed by atoms with Gasteiger partial charge in [0.05, 0.1) is 18.5 Å². The van der Waals surface area contributed by atoms with Crippen LogP contribution in [0.15, 0.2) is 35.4 Å². The highest BCUT2D eigenvalue weighted by molar-refractivity contribution is 5.84. The molecule has 8 heteroatoms. The molecule has 0 unspecified atom stereocenters. The summed E-state index contributed by atoms with van der Waals surface area (Å²) in [6.45, 7) is 8.14. The first-order chi connectivity index (χ1) is 13.0. The largest absolute Gasteiger partial charge is 0.507 e. The van der Waals surface area contributed by atoms with Crippen molar-refractivity contribution in [3.63, 3.8) is 0 Å². The number of anilines is 1. The molecule has 2 heterocycles. The van der Waals surface area contributed by atoms with Crippen molar-refractivity contribution < 1.29 is 9.84 Å². The van der Waals surface area contributed by atoms with Crippen LogP contribution in [0.4, 0.5) is 5.82 Å². The molecule has 0 fully saturated rings. The SMILES string of the molecule is CCOc1ccc(C=NNc2cc(-n3nc(C)cc3C)nc(C)n2)c(O)c1. The number of aryl methyl sites for hydroxylation is 3. The summed E-state index contributed by atoms with van der Waals surface area (Å²) in [5.41, 5.74) is 5.34. The van der Waals surface area contributed by atoms with Gasteiger partial charge in [0.15, 0.2) is 11.6 Å². The van der Waals surface area contributed by atoms with Crippen LogP contribution in [-0.2, 0) is 0 Å². The fourth-order valence-corrected chi connectivity index (χ4v) is 2.64. The Balaban J connectivity index is 1.78. The van der Waals surface area contributed by atoms with Crippen molar-refractivity contribution >= 4 is 12.0 Å². The average Bonchev–Trinajstić information content (AvgIpc) is 2.95. The van der Waals surface area contributed by atoms with Crippen molar-refractivity contribution in [1.29, 1.82) is 0 Å². The topological polar surface area (TPSA) is 97.5 Å². The van der Waals surface area contributed by atoms with Crippen LogP contribution in [0.2, 0.25) is 0 Å². The van der Waals surface area contributed by atoms with E-state index in [0.717, 1.165) is 11.4 Å². The highest BCUT2D eigenvalue weighted by Gasteiger charge is 2.08. The third-order valence-electron chi connectivity index (χ3n) is 3.75. The van der Waals surface area contributed by atoms with E-state index in [-0.39, 0.29) is 5.75 Å². The van der Waals surface area contributed by atoms with Gasteiger partial charge in [0.2, 0.25) is 0 Å². The molecule has 27 heavy (non-hydrogen) atoms. The Labute approximate surface area is 157 Å². The quantitative estimate of drug-likeness (QED) is 0.514. The van der Waals surface area contributed by atoms with E-state index >= 15 is 0 Å². The third kappa shape index (κ3) is 4.41. The van der Waals surface area contributed by atoms with Gasteiger partial charge in [0.25, 0.3) is 0 Å². The molecule has 0 atom stereocenters. The molecule has 0 radical (unpaired) electrons. The standard InChI is InChI=1S/C19H22N6O2/c1-5-27-16-7-6-15(17(26)9-16)11-20-23-18-10-19(22-14(4)21-18)25-13(3)8-12(2)24-25/h6-11,26H,5H2,1-4H3,(H,21,22,23). The summed E-state index contributed by atoms with van der Waals surface area (Å²) < 4.78 is 7.11. The molecule has 0 saturated carbocycles. The predicted molar refractivity (Wildman–Crippen MR) is 104 cm³/mol. The van der Waals surface area contributed by atoms with Gasteiger partial charge in [-0.05, 0) is 45.9 Å². The Morgan fingerprint density at radius 3 is 2.67 bits per heavy atom. The van der Waals surface area contributed by atoms with Crippen LogP contribution in [0, 0.1) is 20.8 Å². The fraction of sp³-hybridized carbons (Fsp3) is 0.263. The minimum absolute atomic E-state index is 0.0914. The molecule has 3 aromatic rings. The lowest BCUT2D eigenvalue weighted by molar-refractivity contribution is 0.337. The first-order valence-corrected chi connectivity index (χ1v) is 8.60. The summed E-state index contributed by atoms with van der Waals surface area (Å²) in [5, 5.41) is 18.6. The first kappa shape index (κ1) is 18.4. The molecule has 0 spiro atoms. The van der Waals surface area contributed by atoms with Crippen molar-refractivity contribution in [2.45, 2.75) is 27.7 Å². The molecule has 0 aliphatic rings. The Kier molecular flexibility index (Phi) is 5.35. The Morgan fingerprint density at radius 2 is 2.00 bits per heavy atom. The number of ether oxygens (including phenoxy) is 1. The second-order valence-electron chi connectivity index (χ2n) is 6.02. The van der Waals surface area contributed by atoms with E-state index < -0.39 is 0 Å². The number of phenolic OH excluding ortho intramolecular Hbond substituents is 1. The van der Waals surface area contributed by atoms with Crippen molar-refractivity contribution in [3.05, 3.63) is 53.1 Å². The number of hydrogen-bond donors (Lipinski definition) is 2. The molecule has 0 aliphatic heterocycles. The maximum atomic E-state index is 10.0. The van der Waals surface area contributed by atoms with Crippen LogP contribution in [0.1, 0.15) is 29.7 Å². The number of hydrogen-bond acceptors (Lipinski definition) is 7. The van der Waals surface area contributed by atoms with Crippen LogP contribution in [0.3, 0.4) is 0 Å². The third-order valence-corrected chi connectivity index (χ3v) is 3.75. The van der Waals surface area contributed by atoms with Gasteiger partial charge in [-0.2, -0.15) is 10.2 Å². The Morgan fingerprint density at radius 1 is 1.19 bits per heavy atom. The number of rotatable bonds is 6. The molecule has 0 aliphatic carbocycles.